The lowest BCUT2D eigenvalue weighted by Crippen LogP contribution is -2.61. The van der Waals surface area contributed by atoms with Crippen molar-refractivity contribution in [1.82, 2.24) is 4.90 Å². The molecule has 0 radical (unpaired) electrons. The summed E-state index contributed by atoms with van der Waals surface area (Å²) in [6.07, 6.45) is 6.31. The van der Waals surface area contributed by atoms with Gasteiger partial charge in [-0.05, 0) is 43.9 Å². The number of esters is 1. The molecule has 0 aromatic rings. The maximum atomic E-state index is 12.5. The summed E-state index contributed by atoms with van der Waals surface area (Å²) in [5, 5.41) is 0. The SMILES string of the molecule is COCOC12CC3CC(C1)CC(OC(=O)CN1CCOCC1)(C3)C2. The zero-order valence-electron chi connectivity index (χ0n) is 14.6. The molecule has 0 amide bonds. The molecule has 1 aliphatic heterocycles. The Morgan fingerprint density at radius 3 is 2.46 bits per heavy atom. The lowest BCUT2D eigenvalue weighted by molar-refractivity contribution is -0.252. The third-order valence-corrected chi connectivity index (χ3v) is 6.22. The van der Waals surface area contributed by atoms with Gasteiger partial charge < -0.3 is 18.9 Å². The molecular formula is C18H29NO5. The molecule has 1 saturated heterocycles. The van der Waals surface area contributed by atoms with Crippen LogP contribution >= 0.6 is 0 Å². The Bertz CT molecular complexity index is 462. The van der Waals surface area contributed by atoms with E-state index in [4.69, 9.17) is 18.9 Å². The largest absolute Gasteiger partial charge is 0.458 e. The van der Waals surface area contributed by atoms with Crippen LogP contribution < -0.4 is 0 Å². The molecule has 136 valence electrons. The van der Waals surface area contributed by atoms with Gasteiger partial charge in [0.25, 0.3) is 0 Å². The Labute approximate surface area is 143 Å². The van der Waals surface area contributed by atoms with E-state index < -0.39 is 0 Å². The molecule has 4 saturated carbocycles. The highest BCUT2D eigenvalue weighted by atomic mass is 16.7. The number of morpholine rings is 1. The smallest absolute Gasteiger partial charge is 0.320 e. The number of hydrogen-bond donors (Lipinski definition) is 0. The predicted octanol–water partition coefficient (Wildman–Crippen LogP) is 1.57. The summed E-state index contributed by atoms with van der Waals surface area (Å²) in [6, 6.07) is 0. The molecule has 5 rings (SSSR count). The highest BCUT2D eigenvalue weighted by molar-refractivity contribution is 5.72. The van der Waals surface area contributed by atoms with Gasteiger partial charge in [0.05, 0.1) is 25.4 Å². The first kappa shape index (κ1) is 16.8. The van der Waals surface area contributed by atoms with Crippen LogP contribution in [0, 0.1) is 11.8 Å². The standard InChI is InChI=1S/C18H29NO5/c1-21-13-23-17-7-14-6-15(8-17)10-18(9-14,12-17)24-16(20)11-19-2-4-22-5-3-19/h14-15H,2-13H2,1H3. The van der Waals surface area contributed by atoms with Gasteiger partial charge >= 0.3 is 5.97 Å². The Balaban J connectivity index is 1.41. The summed E-state index contributed by atoms with van der Waals surface area (Å²) < 4.78 is 22.7. The molecule has 0 spiro atoms. The van der Waals surface area contributed by atoms with Crippen molar-refractivity contribution in [1.29, 1.82) is 0 Å². The van der Waals surface area contributed by atoms with E-state index in [2.05, 4.69) is 4.90 Å². The summed E-state index contributed by atoms with van der Waals surface area (Å²) in [6.45, 7) is 3.75. The Hall–Kier alpha value is -0.690. The van der Waals surface area contributed by atoms with Crippen LogP contribution in [-0.2, 0) is 23.7 Å². The monoisotopic (exact) mass is 339 g/mol. The van der Waals surface area contributed by atoms with Crippen LogP contribution in [0.25, 0.3) is 0 Å². The van der Waals surface area contributed by atoms with E-state index in [0.29, 0.717) is 38.4 Å². The molecule has 0 aromatic heterocycles. The first-order chi connectivity index (χ1) is 11.6. The fourth-order valence-corrected chi connectivity index (χ4v) is 5.78. The Kier molecular flexibility index (Phi) is 4.58. The van der Waals surface area contributed by atoms with Crippen LogP contribution in [0.4, 0.5) is 0 Å². The van der Waals surface area contributed by atoms with Gasteiger partial charge in [-0.2, -0.15) is 0 Å². The maximum absolute atomic E-state index is 12.5. The van der Waals surface area contributed by atoms with Gasteiger partial charge in [-0.3, -0.25) is 9.69 Å². The van der Waals surface area contributed by atoms with Gasteiger partial charge in [0.1, 0.15) is 12.4 Å². The molecule has 5 fully saturated rings. The van der Waals surface area contributed by atoms with Gasteiger partial charge in [-0.15, -0.1) is 0 Å². The third-order valence-electron chi connectivity index (χ3n) is 6.22. The minimum Gasteiger partial charge on any atom is -0.458 e. The topological polar surface area (TPSA) is 57.2 Å². The number of rotatable bonds is 6. The van der Waals surface area contributed by atoms with Crippen molar-refractivity contribution in [2.45, 2.75) is 49.7 Å². The number of nitrogens with zero attached hydrogens (tertiary/aromatic N) is 1. The Morgan fingerprint density at radius 1 is 1.12 bits per heavy atom. The summed E-state index contributed by atoms with van der Waals surface area (Å²) in [5.74, 6) is 1.17. The molecule has 6 heteroatoms. The van der Waals surface area contributed by atoms with E-state index in [-0.39, 0.29) is 17.2 Å². The van der Waals surface area contributed by atoms with Crippen molar-refractivity contribution in [2.24, 2.45) is 11.8 Å². The second kappa shape index (κ2) is 6.56. The number of carbonyl (C=O) groups is 1. The molecule has 1 heterocycles. The van der Waals surface area contributed by atoms with Crippen LogP contribution in [-0.4, -0.2) is 68.8 Å². The zero-order valence-corrected chi connectivity index (χ0v) is 14.6. The van der Waals surface area contributed by atoms with Gasteiger partial charge in [-0.1, -0.05) is 0 Å². The van der Waals surface area contributed by atoms with Crippen LogP contribution in [0.15, 0.2) is 0 Å². The Morgan fingerprint density at radius 2 is 1.79 bits per heavy atom. The number of ether oxygens (including phenoxy) is 4. The summed E-state index contributed by atoms with van der Waals surface area (Å²) in [7, 11) is 1.67. The molecule has 4 aliphatic carbocycles. The van der Waals surface area contributed by atoms with Crippen molar-refractivity contribution in [2.75, 3.05) is 46.8 Å². The number of hydrogen-bond acceptors (Lipinski definition) is 6. The van der Waals surface area contributed by atoms with Crippen LogP contribution in [0.2, 0.25) is 0 Å². The second-order valence-corrected chi connectivity index (χ2v) is 8.24. The quantitative estimate of drug-likeness (QED) is 0.541. The first-order valence-electron chi connectivity index (χ1n) is 9.25. The third kappa shape index (κ3) is 3.34. The lowest BCUT2D eigenvalue weighted by atomic mass is 9.52. The average Bonchev–Trinajstić information content (AvgIpc) is 2.52. The van der Waals surface area contributed by atoms with Crippen LogP contribution in [0.5, 0.6) is 0 Å². The summed E-state index contributed by atoms with van der Waals surface area (Å²) in [4.78, 5) is 14.7. The van der Waals surface area contributed by atoms with Crippen molar-refractivity contribution >= 4 is 5.97 Å². The zero-order chi connectivity index (χ0) is 16.6. The van der Waals surface area contributed by atoms with E-state index in [1.165, 1.54) is 6.42 Å². The summed E-state index contributed by atoms with van der Waals surface area (Å²) in [5.41, 5.74) is -0.444. The molecule has 0 N–H and O–H groups in total. The molecule has 2 atom stereocenters. The first-order valence-corrected chi connectivity index (χ1v) is 9.25. The van der Waals surface area contributed by atoms with Crippen LogP contribution in [0.1, 0.15) is 38.5 Å². The van der Waals surface area contributed by atoms with Gasteiger partial charge in [0, 0.05) is 26.6 Å². The van der Waals surface area contributed by atoms with E-state index >= 15 is 0 Å². The van der Waals surface area contributed by atoms with Gasteiger partial charge in [0.15, 0.2) is 0 Å². The van der Waals surface area contributed by atoms with Crippen molar-refractivity contribution < 1.29 is 23.7 Å². The van der Waals surface area contributed by atoms with Crippen LogP contribution in [0.3, 0.4) is 0 Å². The number of carbonyl (C=O) groups excluding carboxylic acids is 1. The molecular weight excluding hydrogens is 310 g/mol. The fraction of sp³-hybridized carbons (Fsp3) is 0.944. The van der Waals surface area contributed by atoms with Gasteiger partial charge in [-0.25, -0.2) is 0 Å². The molecule has 0 aromatic carbocycles. The highest BCUT2D eigenvalue weighted by Gasteiger charge is 2.60. The number of methoxy groups -OCH3 is 1. The predicted molar refractivity (Wildman–Crippen MR) is 86.5 cm³/mol. The average molecular weight is 339 g/mol. The van der Waals surface area contributed by atoms with E-state index in [1.807, 2.05) is 0 Å². The van der Waals surface area contributed by atoms with E-state index in [0.717, 1.165) is 45.2 Å². The van der Waals surface area contributed by atoms with E-state index in [1.54, 1.807) is 7.11 Å². The minimum atomic E-state index is -0.304. The molecule has 24 heavy (non-hydrogen) atoms. The molecule has 4 bridgehead atoms. The minimum absolute atomic E-state index is 0.0826. The molecule has 6 nitrogen and oxygen atoms in total. The highest BCUT2D eigenvalue weighted by Crippen LogP contribution is 2.60. The van der Waals surface area contributed by atoms with Crippen molar-refractivity contribution in [3.8, 4) is 0 Å². The second-order valence-electron chi connectivity index (χ2n) is 8.24. The molecule has 2 unspecified atom stereocenters. The van der Waals surface area contributed by atoms with Crippen molar-refractivity contribution in [3.63, 3.8) is 0 Å². The molecule has 5 aliphatic rings. The van der Waals surface area contributed by atoms with Gasteiger partial charge in [0.2, 0.25) is 0 Å². The maximum Gasteiger partial charge on any atom is 0.320 e. The normalized spacial score (nSPS) is 41.5. The van der Waals surface area contributed by atoms with Crippen molar-refractivity contribution in [3.05, 3.63) is 0 Å². The lowest BCUT2D eigenvalue weighted by Gasteiger charge is -2.60. The van der Waals surface area contributed by atoms with E-state index in [9.17, 15) is 4.79 Å². The fourth-order valence-electron chi connectivity index (χ4n) is 5.78. The summed E-state index contributed by atoms with van der Waals surface area (Å²) >= 11 is 0.